The standard InChI is InChI=1S/C16H20N2O5/c1-17-7-3-5-13(17)15(19)22-11-9-21-10-12-23-16(20)14-6-4-8-18(14)2/h3-8H,9-12H2,1-2H3. The van der Waals surface area contributed by atoms with E-state index in [2.05, 4.69) is 0 Å². The molecule has 0 aliphatic carbocycles. The third-order valence-electron chi connectivity index (χ3n) is 3.23. The molecule has 2 aromatic heterocycles. The smallest absolute Gasteiger partial charge is 0.355 e. The Morgan fingerprint density at radius 1 is 0.826 bits per heavy atom. The molecule has 0 atom stereocenters. The summed E-state index contributed by atoms with van der Waals surface area (Å²) in [5.41, 5.74) is 0.975. The van der Waals surface area contributed by atoms with Crippen molar-refractivity contribution in [3.05, 3.63) is 48.0 Å². The Kier molecular flexibility index (Phi) is 5.99. The van der Waals surface area contributed by atoms with Crippen LogP contribution >= 0.6 is 0 Å². The molecule has 2 rings (SSSR count). The van der Waals surface area contributed by atoms with Gasteiger partial charge in [0, 0.05) is 26.5 Å². The number of hydrogen-bond donors (Lipinski definition) is 0. The van der Waals surface area contributed by atoms with Gasteiger partial charge in [0.15, 0.2) is 0 Å². The van der Waals surface area contributed by atoms with Gasteiger partial charge in [-0.25, -0.2) is 9.59 Å². The average Bonchev–Trinajstić information content (AvgIpc) is 3.14. The van der Waals surface area contributed by atoms with Gasteiger partial charge in [0.2, 0.25) is 0 Å². The number of aromatic nitrogens is 2. The Bertz CT molecular complexity index is 603. The zero-order chi connectivity index (χ0) is 16.7. The second-order valence-electron chi connectivity index (χ2n) is 4.89. The van der Waals surface area contributed by atoms with Gasteiger partial charge in [0.1, 0.15) is 24.6 Å². The van der Waals surface area contributed by atoms with Crippen molar-refractivity contribution in [2.45, 2.75) is 0 Å². The highest BCUT2D eigenvalue weighted by Gasteiger charge is 2.11. The van der Waals surface area contributed by atoms with Gasteiger partial charge in [0.05, 0.1) is 13.2 Å². The number of carbonyl (C=O) groups is 2. The summed E-state index contributed by atoms with van der Waals surface area (Å²) in [4.78, 5) is 23.4. The molecular weight excluding hydrogens is 300 g/mol. The molecule has 0 saturated carbocycles. The van der Waals surface area contributed by atoms with E-state index in [1.807, 2.05) is 0 Å². The predicted octanol–water partition coefficient (Wildman–Crippen LogP) is 1.39. The van der Waals surface area contributed by atoms with Gasteiger partial charge < -0.3 is 23.3 Å². The molecule has 0 amide bonds. The molecule has 0 fully saturated rings. The third kappa shape index (κ3) is 4.72. The van der Waals surface area contributed by atoms with Crippen molar-refractivity contribution in [1.29, 1.82) is 0 Å². The highest BCUT2D eigenvalue weighted by molar-refractivity contribution is 5.88. The lowest BCUT2D eigenvalue weighted by molar-refractivity contribution is 0.0143. The van der Waals surface area contributed by atoms with E-state index in [1.54, 1.807) is 59.9 Å². The third-order valence-corrected chi connectivity index (χ3v) is 3.23. The highest BCUT2D eigenvalue weighted by Crippen LogP contribution is 2.03. The van der Waals surface area contributed by atoms with Crippen molar-refractivity contribution in [2.24, 2.45) is 14.1 Å². The van der Waals surface area contributed by atoms with E-state index in [0.29, 0.717) is 11.4 Å². The van der Waals surface area contributed by atoms with Crippen molar-refractivity contribution < 1.29 is 23.8 Å². The Hall–Kier alpha value is -2.54. The summed E-state index contributed by atoms with van der Waals surface area (Å²) in [6.07, 6.45) is 3.54. The van der Waals surface area contributed by atoms with Gasteiger partial charge in [-0.3, -0.25) is 0 Å². The Labute approximate surface area is 134 Å². The largest absolute Gasteiger partial charge is 0.459 e. The van der Waals surface area contributed by atoms with Gasteiger partial charge in [0.25, 0.3) is 0 Å². The monoisotopic (exact) mass is 320 g/mol. The van der Waals surface area contributed by atoms with Gasteiger partial charge in [-0.05, 0) is 24.3 Å². The molecule has 0 aliphatic rings. The first kappa shape index (κ1) is 16.8. The molecule has 7 heteroatoms. The van der Waals surface area contributed by atoms with Crippen LogP contribution in [-0.2, 0) is 28.3 Å². The molecule has 0 spiro atoms. The van der Waals surface area contributed by atoms with E-state index in [1.165, 1.54) is 0 Å². The second-order valence-corrected chi connectivity index (χ2v) is 4.89. The number of nitrogens with zero attached hydrogens (tertiary/aromatic N) is 2. The van der Waals surface area contributed by atoms with Crippen LogP contribution in [-0.4, -0.2) is 47.5 Å². The quantitative estimate of drug-likeness (QED) is 0.543. The van der Waals surface area contributed by atoms with Crippen molar-refractivity contribution in [2.75, 3.05) is 26.4 Å². The zero-order valence-electron chi connectivity index (χ0n) is 13.2. The number of aryl methyl sites for hydroxylation is 2. The number of hydrogen-bond acceptors (Lipinski definition) is 5. The first-order chi connectivity index (χ1) is 11.1. The van der Waals surface area contributed by atoms with Gasteiger partial charge in [-0.1, -0.05) is 0 Å². The maximum atomic E-state index is 11.7. The molecule has 23 heavy (non-hydrogen) atoms. The number of rotatable bonds is 8. The predicted molar refractivity (Wildman–Crippen MR) is 82.2 cm³/mol. The fraction of sp³-hybridized carbons (Fsp3) is 0.375. The molecule has 2 heterocycles. The minimum absolute atomic E-state index is 0.149. The summed E-state index contributed by atoms with van der Waals surface area (Å²) in [5.74, 6) is -0.785. The van der Waals surface area contributed by atoms with Gasteiger partial charge in [-0.15, -0.1) is 0 Å². The molecule has 0 aliphatic heterocycles. The minimum Gasteiger partial charge on any atom is -0.459 e. The lowest BCUT2D eigenvalue weighted by Gasteiger charge is -2.08. The van der Waals surface area contributed by atoms with Crippen molar-refractivity contribution in [3.63, 3.8) is 0 Å². The number of carbonyl (C=O) groups excluding carboxylic acids is 2. The molecule has 7 nitrogen and oxygen atoms in total. The van der Waals surface area contributed by atoms with Crippen molar-refractivity contribution >= 4 is 11.9 Å². The van der Waals surface area contributed by atoms with E-state index in [9.17, 15) is 9.59 Å². The second kappa shape index (κ2) is 8.19. The van der Waals surface area contributed by atoms with E-state index in [-0.39, 0.29) is 26.4 Å². The molecule has 0 bridgehead atoms. The van der Waals surface area contributed by atoms with Gasteiger partial charge in [-0.2, -0.15) is 0 Å². The van der Waals surface area contributed by atoms with Gasteiger partial charge >= 0.3 is 11.9 Å². The molecule has 0 aromatic carbocycles. The lowest BCUT2D eigenvalue weighted by atomic mass is 10.4. The van der Waals surface area contributed by atoms with Crippen LogP contribution in [0, 0.1) is 0 Å². The molecule has 0 saturated heterocycles. The minimum atomic E-state index is -0.392. The Morgan fingerprint density at radius 3 is 1.61 bits per heavy atom. The van der Waals surface area contributed by atoms with Crippen LogP contribution in [0.2, 0.25) is 0 Å². The molecule has 0 unspecified atom stereocenters. The maximum absolute atomic E-state index is 11.7. The van der Waals surface area contributed by atoms with Crippen LogP contribution in [0.1, 0.15) is 21.0 Å². The SMILES string of the molecule is Cn1cccc1C(=O)OCCOCCOC(=O)c1cccn1C. The van der Waals surface area contributed by atoms with Crippen LogP contribution in [0.25, 0.3) is 0 Å². The molecule has 124 valence electrons. The summed E-state index contributed by atoms with van der Waals surface area (Å²) in [6.45, 7) is 0.793. The maximum Gasteiger partial charge on any atom is 0.355 e. The number of esters is 2. The summed E-state index contributed by atoms with van der Waals surface area (Å²) in [5, 5.41) is 0. The summed E-state index contributed by atoms with van der Waals surface area (Å²) in [7, 11) is 3.54. The van der Waals surface area contributed by atoms with Crippen LogP contribution in [0.3, 0.4) is 0 Å². The van der Waals surface area contributed by atoms with Crippen LogP contribution in [0.15, 0.2) is 36.7 Å². The molecule has 0 N–H and O–H groups in total. The van der Waals surface area contributed by atoms with Crippen LogP contribution < -0.4 is 0 Å². The first-order valence-corrected chi connectivity index (χ1v) is 7.24. The van der Waals surface area contributed by atoms with E-state index >= 15 is 0 Å². The van der Waals surface area contributed by atoms with Crippen molar-refractivity contribution in [3.8, 4) is 0 Å². The van der Waals surface area contributed by atoms with E-state index < -0.39 is 11.9 Å². The summed E-state index contributed by atoms with van der Waals surface area (Å²) >= 11 is 0. The Morgan fingerprint density at radius 2 is 1.26 bits per heavy atom. The summed E-state index contributed by atoms with van der Waals surface area (Å²) < 4.78 is 18.8. The molecule has 2 aromatic rings. The van der Waals surface area contributed by atoms with Crippen LogP contribution in [0.5, 0.6) is 0 Å². The fourth-order valence-electron chi connectivity index (χ4n) is 1.98. The summed E-state index contributed by atoms with van der Waals surface area (Å²) in [6, 6.07) is 6.92. The lowest BCUT2D eigenvalue weighted by Crippen LogP contribution is -2.16. The Balaban J connectivity index is 1.55. The number of ether oxygens (including phenoxy) is 3. The van der Waals surface area contributed by atoms with E-state index in [0.717, 1.165) is 0 Å². The molecule has 0 radical (unpaired) electrons. The van der Waals surface area contributed by atoms with Crippen LogP contribution in [0.4, 0.5) is 0 Å². The topological polar surface area (TPSA) is 71.7 Å². The first-order valence-electron chi connectivity index (χ1n) is 7.24. The fourth-order valence-corrected chi connectivity index (χ4v) is 1.98. The zero-order valence-corrected chi connectivity index (χ0v) is 13.2. The normalized spacial score (nSPS) is 10.5. The van der Waals surface area contributed by atoms with Crippen molar-refractivity contribution in [1.82, 2.24) is 9.13 Å². The molecular formula is C16H20N2O5. The average molecular weight is 320 g/mol. The highest BCUT2D eigenvalue weighted by atomic mass is 16.6. The van der Waals surface area contributed by atoms with E-state index in [4.69, 9.17) is 14.2 Å².